The Labute approximate surface area is 132 Å². The summed E-state index contributed by atoms with van der Waals surface area (Å²) in [6.45, 7) is 7.92. The molecule has 0 saturated heterocycles. The Hall–Kier alpha value is -1.88. The van der Waals surface area contributed by atoms with Crippen LogP contribution < -0.4 is 10.6 Å². The van der Waals surface area contributed by atoms with E-state index >= 15 is 0 Å². The van der Waals surface area contributed by atoms with Crippen LogP contribution in [0.15, 0.2) is 24.3 Å². The van der Waals surface area contributed by atoms with E-state index in [4.69, 9.17) is 0 Å². The van der Waals surface area contributed by atoms with E-state index in [1.54, 1.807) is 12.1 Å². The molecule has 122 valence electrons. The minimum absolute atomic E-state index is 0.0680. The molecule has 1 aromatic rings. The maximum Gasteiger partial charge on any atom is 0.313 e. The molecule has 0 heterocycles. The highest BCUT2D eigenvalue weighted by Crippen LogP contribution is 2.17. The van der Waals surface area contributed by atoms with Crippen LogP contribution in [0.5, 0.6) is 0 Å². The minimum Gasteiger partial charge on any atom is -0.388 e. The van der Waals surface area contributed by atoms with Gasteiger partial charge in [-0.15, -0.1) is 0 Å². The van der Waals surface area contributed by atoms with Crippen LogP contribution in [0.3, 0.4) is 0 Å². The fraction of sp³-hybridized carbons (Fsp3) is 0.529. The Morgan fingerprint density at radius 1 is 1.09 bits per heavy atom. The first-order valence-electron chi connectivity index (χ1n) is 7.73. The number of carbonyl (C=O) groups excluding carboxylic acids is 2. The summed E-state index contributed by atoms with van der Waals surface area (Å²) in [5, 5.41) is 15.1. The summed E-state index contributed by atoms with van der Waals surface area (Å²) < 4.78 is 0. The quantitative estimate of drug-likeness (QED) is 0.706. The van der Waals surface area contributed by atoms with Gasteiger partial charge in [-0.05, 0) is 36.5 Å². The van der Waals surface area contributed by atoms with Crippen LogP contribution in [0, 0.1) is 0 Å². The van der Waals surface area contributed by atoms with Crippen LogP contribution in [-0.2, 0) is 9.59 Å². The van der Waals surface area contributed by atoms with E-state index in [9.17, 15) is 14.7 Å². The van der Waals surface area contributed by atoms with E-state index in [1.165, 1.54) is 5.56 Å². The van der Waals surface area contributed by atoms with Gasteiger partial charge in [-0.3, -0.25) is 9.59 Å². The predicted octanol–water partition coefficient (Wildman–Crippen LogP) is 2.42. The molecule has 0 aliphatic carbocycles. The first-order chi connectivity index (χ1) is 10.3. The number of rotatable bonds is 6. The topological polar surface area (TPSA) is 78.4 Å². The molecule has 1 rings (SSSR count). The number of carbonyl (C=O) groups is 2. The molecule has 0 saturated carbocycles. The van der Waals surface area contributed by atoms with Crippen molar-refractivity contribution in [2.24, 2.45) is 0 Å². The standard InChI is InChI=1S/C17H26N2O3/c1-5-17(22,6-2)11-18-15(20)16(21)19-14-9-7-13(8-10-14)12(3)4/h7-10,12,22H,5-6,11H2,1-4H3,(H,18,20)(H,19,21). The van der Waals surface area contributed by atoms with Crippen molar-refractivity contribution < 1.29 is 14.7 Å². The highest BCUT2D eigenvalue weighted by molar-refractivity contribution is 6.39. The molecule has 5 heteroatoms. The zero-order valence-corrected chi connectivity index (χ0v) is 13.8. The largest absolute Gasteiger partial charge is 0.388 e. The molecular formula is C17H26N2O3. The lowest BCUT2D eigenvalue weighted by molar-refractivity contribution is -0.136. The van der Waals surface area contributed by atoms with Crippen LogP contribution in [0.1, 0.15) is 52.0 Å². The first kappa shape index (κ1) is 18.2. The molecule has 0 radical (unpaired) electrons. The van der Waals surface area contributed by atoms with Gasteiger partial charge in [-0.25, -0.2) is 0 Å². The molecule has 3 N–H and O–H groups in total. The molecule has 0 aliphatic heterocycles. The molecular weight excluding hydrogens is 280 g/mol. The molecule has 0 spiro atoms. The summed E-state index contributed by atoms with van der Waals surface area (Å²) in [5.41, 5.74) is 0.777. The normalized spacial score (nSPS) is 11.4. The smallest absolute Gasteiger partial charge is 0.313 e. The van der Waals surface area contributed by atoms with Gasteiger partial charge in [0.1, 0.15) is 0 Å². The van der Waals surface area contributed by atoms with Gasteiger partial charge in [0.25, 0.3) is 0 Å². The average molecular weight is 306 g/mol. The Bertz CT molecular complexity index is 505. The molecule has 0 aromatic heterocycles. The number of benzene rings is 1. The van der Waals surface area contributed by atoms with Crippen LogP contribution in [0.2, 0.25) is 0 Å². The Kier molecular flexibility index (Phi) is 6.56. The fourth-order valence-corrected chi connectivity index (χ4v) is 1.96. The second kappa shape index (κ2) is 7.94. The number of nitrogens with one attached hydrogen (secondary N) is 2. The monoisotopic (exact) mass is 306 g/mol. The Morgan fingerprint density at radius 3 is 2.09 bits per heavy atom. The van der Waals surface area contributed by atoms with Crippen molar-refractivity contribution in [3.05, 3.63) is 29.8 Å². The molecule has 1 aromatic carbocycles. The van der Waals surface area contributed by atoms with Gasteiger partial charge < -0.3 is 15.7 Å². The van der Waals surface area contributed by atoms with Crippen molar-refractivity contribution >= 4 is 17.5 Å². The molecule has 0 bridgehead atoms. The number of amides is 2. The number of anilines is 1. The van der Waals surface area contributed by atoms with Crippen molar-refractivity contribution in [2.75, 3.05) is 11.9 Å². The van der Waals surface area contributed by atoms with E-state index in [0.717, 1.165) is 0 Å². The van der Waals surface area contributed by atoms with Gasteiger partial charge in [0.05, 0.1) is 5.60 Å². The number of hydrogen-bond acceptors (Lipinski definition) is 3. The van der Waals surface area contributed by atoms with E-state index in [-0.39, 0.29) is 6.54 Å². The number of hydrogen-bond donors (Lipinski definition) is 3. The molecule has 0 atom stereocenters. The van der Waals surface area contributed by atoms with Crippen molar-refractivity contribution in [1.29, 1.82) is 0 Å². The lowest BCUT2D eigenvalue weighted by Gasteiger charge is -2.25. The lowest BCUT2D eigenvalue weighted by atomic mass is 9.98. The van der Waals surface area contributed by atoms with E-state index in [0.29, 0.717) is 24.4 Å². The molecule has 2 amide bonds. The van der Waals surface area contributed by atoms with Crippen LogP contribution in [0.4, 0.5) is 5.69 Å². The van der Waals surface area contributed by atoms with Crippen LogP contribution >= 0.6 is 0 Å². The fourth-order valence-electron chi connectivity index (χ4n) is 1.96. The third kappa shape index (κ3) is 5.15. The van der Waals surface area contributed by atoms with Gasteiger partial charge in [0.15, 0.2) is 0 Å². The first-order valence-corrected chi connectivity index (χ1v) is 7.73. The maximum absolute atomic E-state index is 11.8. The lowest BCUT2D eigenvalue weighted by Crippen LogP contribution is -2.45. The Morgan fingerprint density at radius 2 is 1.64 bits per heavy atom. The molecule has 0 aliphatic rings. The summed E-state index contributed by atoms with van der Waals surface area (Å²) in [5.74, 6) is -1.06. The summed E-state index contributed by atoms with van der Waals surface area (Å²) in [6.07, 6.45) is 1.03. The van der Waals surface area contributed by atoms with E-state index in [2.05, 4.69) is 24.5 Å². The van der Waals surface area contributed by atoms with Crippen LogP contribution in [0.25, 0.3) is 0 Å². The molecule has 22 heavy (non-hydrogen) atoms. The van der Waals surface area contributed by atoms with Crippen molar-refractivity contribution in [1.82, 2.24) is 5.32 Å². The summed E-state index contributed by atoms with van der Waals surface area (Å²) >= 11 is 0. The second-order valence-corrected chi connectivity index (χ2v) is 5.84. The summed E-state index contributed by atoms with van der Waals surface area (Å²) in [6, 6.07) is 7.39. The van der Waals surface area contributed by atoms with Gasteiger partial charge >= 0.3 is 11.8 Å². The third-order valence-electron chi connectivity index (χ3n) is 3.94. The van der Waals surface area contributed by atoms with Crippen LogP contribution in [-0.4, -0.2) is 29.1 Å². The van der Waals surface area contributed by atoms with Crippen molar-refractivity contribution in [3.8, 4) is 0 Å². The zero-order valence-electron chi connectivity index (χ0n) is 13.8. The third-order valence-corrected chi connectivity index (χ3v) is 3.94. The summed E-state index contributed by atoms with van der Waals surface area (Å²) in [4.78, 5) is 23.6. The van der Waals surface area contributed by atoms with E-state index < -0.39 is 17.4 Å². The maximum atomic E-state index is 11.8. The Balaban J connectivity index is 2.55. The number of aliphatic hydroxyl groups is 1. The molecule has 0 unspecified atom stereocenters. The SMILES string of the molecule is CCC(O)(CC)CNC(=O)C(=O)Nc1ccc(C(C)C)cc1. The highest BCUT2D eigenvalue weighted by atomic mass is 16.3. The van der Waals surface area contributed by atoms with E-state index in [1.807, 2.05) is 26.0 Å². The average Bonchev–Trinajstić information content (AvgIpc) is 2.52. The zero-order chi connectivity index (χ0) is 16.8. The predicted molar refractivity (Wildman–Crippen MR) is 87.7 cm³/mol. The van der Waals surface area contributed by atoms with Gasteiger partial charge in [-0.2, -0.15) is 0 Å². The van der Waals surface area contributed by atoms with Gasteiger partial charge in [0.2, 0.25) is 0 Å². The molecule has 0 fully saturated rings. The molecule has 5 nitrogen and oxygen atoms in total. The van der Waals surface area contributed by atoms with Gasteiger partial charge in [0, 0.05) is 12.2 Å². The highest BCUT2D eigenvalue weighted by Gasteiger charge is 2.24. The van der Waals surface area contributed by atoms with Gasteiger partial charge in [-0.1, -0.05) is 39.8 Å². The summed E-state index contributed by atoms with van der Waals surface area (Å²) in [7, 11) is 0. The van der Waals surface area contributed by atoms with Crippen molar-refractivity contribution in [3.63, 3.8) is 0 Å². The van der Waals surface area contributed by atoms with Crippen molar-refractivity contribution in [2.45, 2.75) is 52.1 Å². The second-order valence-electron chi connectivity index (χ2n) is 5.84. The minimum atomic E-state index is -0.963.